The molecule has 0 radical (unpaired) electrons. The molecule has 0 atom stereocenters. The minimum Gasteiger partial charge on any atom is -0.480 e. The summed E-state index contributed by atoms with van der Waals surface area (Å²) in [6.45, 7) is 1.20. The number of rotatable bonds is 5. The number of carboxylic acids is 1. The zero-order valence-corrected chi connectivity index (χ0v) is 8.65. The number of carboxylic acid groups (broad SMARTS) is 1. The molecular weight excluding hydrogens is 204 g/mol. The zero-order valence-electron chi connectivity index (χ0n) is 8.65. The van der Waals surface area contributed by atoms with E-state index in [-0.39, 0.29) is 13.2 Å². The Morgan fingerprint density at radius 3 is 2.47 bits per heavy atom. The molecule has 7 nitrogen and oxygen atoms in total. The van der Waals surface area contributed by atoms with Crippen LogP contribution in [0.3, 0.4) is 0 Å². The lowest BCUT2D eigenvalue weighted by atomic mass is 10.5. The maximum atomic E-state index is 11.1. The van der Waals surface area contributed by atoms with E-state index >= 15 is 0 Å². The fourth-order valence-corrected chi connectivity index (χ4v) is 0.769. The van der Waals surface area contributed by atoms with E-state index in [1.165, 1.54) is 7.05 Å². The highest BCUT2D eigenvalue weighted by molar-refractivity contribution is 5.83. The van der Waals surface area contributed by atoms with E-state index in [9.17, 15) is 14.4 Å². The number of amides is 2. The highest BCUT2D eigenvalue weighted by atomic mass is 16.5. The van der Waals surface area contributed by atoms with E-state index in [0.717, 1.165) is 4.90 Å². The maximum Gasteiger partial charge on any atom is 0.325 e. The number of likely N-dealkylation sites (N-methyl/N-ethyl adjacent to an activating group) is 1. The standard InChI is InChI=1S/C8H14N2O5/c1-3-15-7(13)4-9-8(14)10(2)5-6(11)12/h3-5H2,1-2H3,(H,9,14)(H,11,12). The first-order valence-corrected chi connectivity index (χ1v) is 4.33. The number of carbonyl (C=O) groups is 3. The smallest absolute Gasteiger partial charge is 0.325 e. The van der Waals surface area contributed by atoms with Gasteiger partial charge in [-0.15, -0.1) is 0 Å². The molecule has 0 fully saturated rings. The third-order valence-corrected chi connectivity index (χ3v) is 1.41. The topological polar surface area (TPSA) is 95.9 Å². The summed E-state index contributed by atoms with van der Waals surface area (Å²) in [5.74, 6) is -1.68. The largest absolute Gasteiger partial charge is 0.480 e. The number of hydrogen-bond donors (Lipinski definition) is 2. The first-order chi connectivity index (χ1) is 6.97. The van der Waals surface area contributed by atoms with E-state index < -0.39 is 24.5 Å². The van der Waals surface area contributed by atoms with Gasteiger partial charge in [0.15, 0.2) is 0 Å². The summed E-state index contributed by atoms with van der Waals surface area (Å²) in [6.07, 6.45) is 0. The summed E-state index contributed by atoms with van der Waals surface area (Å²) in [6, 6.07) is -0.634. The first-order valence-electron chi connectivity index (χ1n) is 4.33. The van der Waals surface area contributed by atoms with Gasteiger partial charge in [0.25, 0.3) is 0 Å². The summed E-state index contributed by atoms with van der Waals surface area (Å²) < 4.78 is 4.56. The lowest BCUT2D eigenvalue weighted by Gasteiger charge is -2.14. The van der Waals surface area contributed by atoms with Gasteiger partial charge in [0.2, 0.25) is 0 Å². The van der Waals surface area contributed by atoms with Crippen LogP contribution in [0.4, 0.5) is 4.79 Å². The molecular formula is C8H14N2O5. The SMILES string of the molecule is CCOC(=O)CNC(=O)N(C)CC(=O)O. The van der Waals surface area contributed by atoms with Crippen LogP contribution >= 0.6 is 0 Å². The van der Waals surface area contributed by atoms with Gasteiger partial charge in [0.1, 0.15) is 13.1 Å². The fourth-order valence-electron chi connectivity index (χ4n) is 0.769. The van der Waals surface area contributed by atoms with Gasteiger partial charge in [-0.25, -0.2) is 4.79 Å². The van der Waals surface area contributed by atoms with Gasteiger partial charge in [-0.2, -0.15) is 0 Å². The predicted octanol–water partition coefficient (Wildman–Crippen LogP) is -0.724. The molecule has 86 valence electrons. The van der Waals surface area contributed by atoms with Gasteiger partial charge < -0.3 is 20.1 Å². The van der Waals surface area contributed by atoms with Gasteiger partial charge >= 0.3 is 18.0 Å². The molecule has 0 aromatic carbocycles. The molecule has 0 saturated carbocycles. The Balaban J connectivity index is 3.82. The number of nitrogens with one attached hydrogen (secondary N) is 1. The number of hydrogen-bond acceptors (Lipinski definition) is 4. The molecule has 0 aromatic heterocycles. The molecule has 2 N–H and O–H groups in total. The van der Waals surface area contributed by atoms with Crippen LogP contribution in [0.15, 0.2) is 0 Å². The molecule has 0 spiro atoms. The summed E-state index contributed by atoms with van der Waals surface area (Å²) >= 11 is 0. The Morgan fingerprint density at radius 1 is 1.40 bits per heavy atom. The Labute approximate surface area is 87.0 Å². The van der Waals surface area contributed by atoms with Crippen LogP contribution in [-0.4, -0.2) is 54.7 Å². The second kappa shape index (κ2) is 6.63. The summed E-state index contributed by atoms with van der Waals surface area (Å²) in [4.78, 5) is 33.1. The van der Waals surface area contributed by atoms with Crippen molar-refractivity contribution in [1.29, 1.82) is 0 Å². The molecule has 0 bridgehead atoms. The van der Waals surface area contributed by atoms with Gasteiger partial charge in [0, 0.05) is 7.05 Å². The monoisotopic (exact) mass is 218 g/mol. The number of esters is 1. The number of urea groups is 1. The van der Waals surface area contributed by atoms with E-state index in [4.69, 9.17) is 5.11 Å². The van der Waals surface area contributed by atoms with Crippen molar-refractivity contribution >= 4 is 18.0 Å². The molecule has 0 aliphatic heterocycles. The second-order valence-corrected chi connectivity index (χ2v) is 2.71. The quantitative estimate of drug-likeness (QED) is 0.593. The van der Waals surface area contributed by atoms with Gasteiger partial charge in [-0.05, 0) is 6.92 Å². The van der Waals surface area contributed by atoms with Gasteiger partial charge in [0.05, 0.1) is 6.61 Å². The Bertz CT molecular complexity index is 253. The van der Waals surface area contributed by atoms with Gasteiger partial charge in [-0.3, -0.25) is 9.59 Å². The van der Waals surface area contributed by atoms with Crippen molar-refractivity contribution in [2.24, 2.45) is 0 Å². The van der Waals surface area contributed by atoms with Crippen molar-refractivity contribution in [3.05, 3.63) is 0 Å². The normalized spacial score (nSPS) is 9.20. The number of ether oxygens (including phenoxy) is 1. The van der Waals surface area contributed by atoms with Gasteiger partial charge in [-0.1, -0.05) is 0 Å². The predicted molar refractivity (Wildman–Crippen MR) is 50.3 cm³/mol. The van der Waals surface area contributed by atoms with Crippen LogP contribution in [0.1, 0.15) is 6.92 Å². The average Bonchev–Trinajstić information content (AvgIpc) is 2.13. The van der Waals surface area contributed by atoms with E-state index in [1.807, 2.05) is 0 Å². The zero-order chi connectivity index (χ0) is 11.8. The van der Waals surface area contributed by atoms with Crippen molar-refractivity contribution in [3.63, 3.8) is 0 Å². The molecule has 0 aliphatic carbocycles. The van der Waals surface area contributed by atoms with Crippen LogP contribution in [0.25, 0.3) is 0 Å². The van der Waals surface area contributed by atoms with Crippen LogP contribution in [-0.2, 0) is 14.3 Å². The molecule has 0 heterocycles. The lowest BCUT2D eigenvalue weighted by molar-refractivity contribution is -0.141. The van der Waals surface area contributed by atoms with E-state index in [1.54, 1.807) is 6.92 Å². The van der Waals surface area contributed by atoms with E-state index in [2.05, 4.69) is 10.1 Å². The average molecular weight is 218 g/mol. The van der Waals surface area contributed by atoms with Crippen molar-refractivity contribution in [2.45, 2.75) is 6.92 Å². The van der Waals surface area contributed by atoms with Crippen LogP contribution in [0.5, 0.6) is 0 Å². The lowest BCUT2D eigenvalue weighted by Crippen LogP contribution is -2.42. The van der Waals surface area contributed by atoms with E-state index in [0.29, 0.717) is 0 Å². The molecule has 0 unspecified atom stereocenters. The molecule has 0 saturated heterocycles. The van der Waals surface area contributed by atoms with Crippen molar-refractivity contribution in [3.8, 4) is 0 Å². The fraction of sp³-hybridized carbons (Fsp3) is 0.625. The van der Waals surface area contributed by atoms with Crippen LogP contribution in [0.2, 0.25) is 0 Å². The molecule has 0 aliphatic rings. The van der Waals surface area contributed by atoms with Crippen LogP contribution < -0.4 is 5.32 Å². The Kier molecular flexibility index (Phi) is 5.84. The van der Waals surface area contributed by atoms with Crippen molar-refractivity contribution < 1.29 is 24.2 Å². The summed E-state index contributed by atoms with van der Waals surface area (Å²) in [5, 5.41) is 10.6. The molecule has 2 amide bonds. The van der Waals surface area contributed by atoms with Crippen molar-refractivity contribution in [2.75, 3.05) is 26.7 Å². The first kappa shape index (κ1) is 13.2. The third kappa shape index (κ3) is 6.30. The highest BCUT2D eigenvalue weighted by Crippen LogP contribution is 1.84. The second-order valence-electron chi connectivity index (χ2n) is 2.71. The Hall–Kier alpha value is -1.79. The minimum absolute atomic E-state index is 0.236. The van der Waals surface area contributed by atoms with Crippen molar-refractivity contribution in [1.82, 2.24) is 10.2 Å². The number of aliphatic carboxylic acids is 1. The maximum absolute atomic E-state index is 11.1. The summed E-state index contributed by atoms with van der Waals surface area (Å²) in [5.41, 5.74) is 0. The third-order valence-electron chi connectivity index (χ3n) is 1.41. The number of nitrogens with zero attached hydrogens (tertiary/aromatic N) is 1. The highest BCUT2D eigenvalue weighted by Gasteiger charge is 2.12. The minimum atomic E-state index is -1.12. The molecule has 7 heteroatoms. The van der Waals surface area contributed by atoms with Crippen LogP contribution in [0, 0.1) is 0 Å². The summed E-state index contributed by atoms with van der Waals surface area (Å²) in [7, 11) is 1.31. The molecule has 15 heavy (non-hydrogen) atoms. The molecule has 0 aromatic rings. The Morgan fingerprint density at radius 2 is 2.00 bits per heavy atom. The number of carbonyl (C=O) groups excluding carboxylic acids is 2. The molecule has 0 rings (SSSR count).